The SMILES string of the molecule is C=C(CC(=O)OCc1ccccc1)C(=O)Cl. The van der Waals surface area contributed by atoms with Gasteiger partial charge in [-0.1, -0.05) is 36.9 Å². The molecule has 0 aliphatic heterocycles. The Bertz CT molecular complexity index is 398. The van der Waals surface area contributed by atoms with Crippen molar-refractivity contribution < 1.29 is 14.3 Å². The predicted molar refractivity (Wildman–Crippen MR) is 60.9 cm³/mol. The van der Waals surface area contributed by atoms with E-state index in [1.54, 1.807) is 0 Å². The van der Waals surface area contributed by atoms with Gasteiger partial charge in [-0.25, -0.2) is 0 Å². The van der Waals surface area contributed by atoms with Crippen molar-refractivity contribution in [3.05, 3.63) is 48.0 Å². The van der Waals surface area contributed by atoms with E-state index in [4.69, 9.17) is 16.3 Å². The summed E-state index contributed by atoms with van der Waals surface area (Å²) in [6.07, 6.45) is -0.171. The van der Waals surface area contributed by atoms with Crippen molar-refractivity contribution in [2.45, 2.75) is 13.0 Å². The van der Waals surface area contributed by atoms with Crippen molar-refractivity contribution in [1.82, 2.24) is 0 Å². The number of halogens is 1. The van der Waals surface area contributed by atoms with Crippen LogP contribution >= 0.6 is 11.6 Å². The molecule has 0 aromatic heterocycles. The average Bonchev–Trinajstić information content (AvgIpc) is 2.27. The minimum Gasteiger partial charge on any atom is -0.461 e. The molecule has 0 aliphatic rings. The van der Waals surface area contributed by atoms with Crippen LogP contribution in [-0.2, 0) is 20.9 Å². The summed E-state index contributed by atoms with van der Waals surface area (Å²) in [5.41, 5.74) is 0.929. The molecule has 0 saturated heterocycles. The number of hydrogen-bond donors (Lipinski definition) is 0. The quantitative estimate of drug-likeness (QED) is 0.450. The van der Waals surface area contributed by atoms with E-state index in [0.29, 0.717) is 0 Å². The molecule has 0 aliphatic carbocycles. The molecule has 84 valence electrons. The molecule has 0 atom stereocenters. The highest BCUT2D eigenvalue weighted by Gasteiger charge is 2.10. The van der Waals surface area contributed by atoms with Crippen LogP contribution in [0.3, 0.4) is 0 Å². The topological polar surface area (TPSA) is 43.4 Å². The van der Waals surface area contributed by atoms with Gasteiger partial charge in [0.1, 0.15) is 6.61 Å². The van der Waals surface area contributed by atoms with Gasteiger partial charge < -0.3 is 4.74 Å². The van der Waals surface area contributed by atoms with Crippen molar-refractivity contribution in [1.29, 1.82) is 0 Å². The van der Waals surface area contributed by atoms with Gasteiger partial charge in [-0.2, -0.15) is 0 Å². The third kappa shape index (κ3) is 4.28. The summed E-state index contributed by atoms with van der Waals surface area (Å²) in [4.78, 5) is 21.8. The van der Waals surface area contributed by atoms with E-state index >= 15 is 0 Å². The van der Waals surface area contributed by atoms with Crippen LogP contribution in [0, 0.1) is 0 Å². The number of ether oxygens (including phenoxy) is 1. The third-order valence-corrected chi connectivity index (χ3v) is 2.15. The molecule has 1 aromatic carbocycles. The molecule has 3 nitrogen and oxygen atoms in total. The van der Waals surface area contributed by atoms with Crippen molar-refractivity contribution in [2.75, 3.05) is 0 Å². The Morgan fingerprint density at radius 2 is 1.88 bits per heavy atom. The van der Waals surface area contributed by atoms with Gasteiger partial charge in [0.25, 0.3) is 0 Å². The molecule has 0 unspecified atom stereocenters. The van der Waals surface area contributed by atoms with Crippen molar-refractivity contribution in [3.63, 3.8) is 0 Å². The van der Waals surface area contributed by atoms with Crippen molar-refractivity contribution in [2.24, 2.45) is 0 Å². The lowest BCUT2D eigenvalue weighted by atomic mass is 10.2. The lowest BCUT2D eigenvalue weighted by Gasteiger charge is -2.04. The average molecular weight is 239 g/mol. The number of carbonyl (C=O) groups is 2. The summed E-state index contributed by atoms with van der Waals surface area (Å²) in [5, 5.41) is -0.711. The van der Waals surface area contributed by atoms with E-state index in [0.717, 1.165) is 5.56 Å². The van der Waals surface area contributed by atoms with E-state index in [-0.39, 0.29) is 18.6 Å². The van der Waals surface area contributed by atoms with E-state index in [9.17, 15) is 9.59 Å². The first-order valence-electron chi connectivity index (χ1n) is 4.66. The Kier molecular flexibility index (Phi) is 4.73. The zero-order valence-electron chi connectivity index (χ0n) is 8.61. The molecule has 0 bridgehead atoms. The molecule has 16 heavy (non-hydrogen) atoms. The Morgan fingerprint density at radius 1 is 1.25 bits per heavy atom. The maximum Gasteiger partial charge on any atom is 0.310 e. The molecule has 0 fully saturated rings. The minimum atomic E-state index is -0.711. The first kappa shape index (κ1) is 12.5. The Hall–Kier alpha value is -1.61. The van der Waals surface area contributed by atoms with Crippen LogP contribution in [0.2, 0.25) is 0 Å². The summed E-state index contributed by atoms with van der Waals surface area (Å²) < 4.78 is 4.94. The lowest BCUT2D eigenvalue weighted by Crippen LogP contribution is -2.07. The van der Waals surface area contributed by atoms with Crippen LogP contribution in [0.1, 0.15) is 12.0 Å². The minimum absolute atomic E-state index is 0.0414. The fourth-order valence-corrected chi connectivity index (χ4v) is 1.10. The molecule has 1 rings (SSSR count). The molecule has 1 aromatic rings. The summed E-state index contributed by atoms with van der Waals surface area (Å²) in [6.45, 7) is 3.55. The van der Waals surface area contributed by atoms with Gasteiger partial charge in [-0.05, 0) is 17.2 Å². The Balaban J connectivity index is 2.36. The molecule has 4 heteroatoms. The fourth-order valence-electron chi connectivity index (χ4n) is 1.03. The summed E-state index contributed by atoms with van der Waals surface area (Å²) in [5.74, 6) is -0.511. The Labute approximate surface area is 98.7 Å². The highest BCUT2D eigenvalue weighted by molar-refractivity contribution is 6.67. The molecular weight excluding hydrogens is 228 g/mol. The van der Waals surface area contributed by atoms with E-state index in [1.807, 2.05) is 30.3 Å². The standard InChI is InChI=1S/C12H11ClO3/c1-9(12(13)15)7-11(14)16-8-10-5-3-2-4-6-10/h2-6H,1,7-8H2. The lowest BCUT2D eigenvalue weighted by molar-refractivity contribution is -0.144. The summed E-state index contributed by atoms with van der Waals surface area (Å²) >= 11 is 5.14. The number of hydrogen-bond acceptors (Lipinski definition) is 3. The largest absolute Gasteiger partial charge is 0.461 e. The van der Waals surface area contributed by atoms with Crippen LogP contribution in [-0.4, -0.2) is 11.2 Å². The van der Waals surface area contributed by atoms with Gasteiger partial charge >= 0.3 is 5.97 Å². The summed E-state index contributed by atoms with van der Waals surface area (Å²) in [6, 6.07) is 9.26. The monoisotopic (exact) mass is 238 g/mol. The Morgan fingerprint density at radius 3 is 2.44 bits per heavy atom. The van der Waals surface area contributed by atoms with Crippen molar-refractivity contribution >= 4 is 22.8 Å². The first-order valence-corrected chi connectivity index (χ1v) is 5.04. The number of esters is 1. The van der Waals surface area contributed by atoms with Gasteiger partial charge in [-0.15, -0.1) is 0 Å². The molecular formula is C12H11ClO3. The number of benzene rings is 1. The van der Waals surface area contributed by atoms with Gasteiger partial charge in [0.15, 0.2) is 0 Å². The molecule has 0 N–H and O–H groups in total. The summed E-state index contributed by atoms with van der Waals surface area (Å²) in [7, 11) is 0. The normalized spacial score (nSPS) is 9.56. The van der Waals surface area contributed by atoms with Crippen LogP contribution in [0.25, 0.3) is 0 Å². The van der Waals surface area contributed by atoms with Crippen LogP contribution < -0.4 is 0 Å². The molecule has 0 amide bonds. The highest BCUT2D eigenvalue weighted by Crippen LogP contribution is 2.07. The molecule has 0 spiro atoms. The van der Waals surface area contributed by atoms with E-state index < -0.39 is 11.2 Å². The van der Waals surface area contributed by atoms with E-state index in [2.05, 4.69) is 6.58 Å². The van der Waals surface area contributed by atoms with Crippen LogP contribution in [0.4, 0.5) is 0 Å². The van der Waals surface area contributed by atoms with Crippen LogP contribution in [0.5, 0.6) is 0 Å². The number of carbonyl (C=O) groups excluding carboxylic acids is 2. The van der Waals surface area contributed by atoms with Gasteiger partial charge in [0.2, 0.25) is 5.24 Å². The third-order valence-electron chi connectivity index (χ3n) is 1.88. The second-order valence-electron chi connectivity index (χ2n) is 3.20. The second kappa shape index (κ2) is 6.08. The zero-order chi connectivity index (χ0) is 12.0. The van der Waals surface area contributed by atoms with Crippen molar-refractivity contribution in [3.8, 4) is 0 Å². The van der Waals surface area contributed by atoms with Gasteiger partial charge in [-0.3, -0.25) is 9.59 Å². The molecule has 0 saturated carbocycles. The molecule has 0 radical (unpaired) electrons. The first-order chi connectivity index (χ1) is 7.59. The van der Waals surface area contributed by atoms with Gasteiger partial charge in [0, 0.05) is 5.57 Å². The second-order valence-corrected chi connectivity index (χ2v) is 3.54. The predicted octanol–water partition coefficient (Wildman–Crippen LogP) is 2.44. The maximum atomic E-state index is 11.2. The fraction of sp³-hybridized carbons (Fsp3) is 0.167. The smallest absolute Gasteiger partial charge is 0.310 e. The number of rotatable bonds is 5. The highest BCUT2D eigenvalue weighted by atomic mass is 35.5. The van der Waals surface area contributed by atoms with Gasteiger partial charge in [0.05, 0.1) is 6.42 Å². The van der Waals surface area contributed by atoms with E-state index in [1.165, 1.54) is 0 Å². The van der Waals surface area contributed by atoms with Crippen LogP contribution in [0.15, 0.2) is 42.5 Å². The zero-order valence-corrected chi connectivity index (χ0v) is 9.37. The molecule has 0 heterocycles. The maximum absolute atomic E-state index is 11.2.